The van der Waals surface area contributed by atoms with Crippen molar-refractivity contribution in [3.05, 3.63) is 68.9 Å². The number of terminal acetylenes is 1. The molecule has 1 saturated carbocycles. The van der Waals surface area contributed by atoms with Crippen LogP contribution in [0, 0.1) is 46.7 Å². The Morgan fingerprint density at radius 1 is 1.26 bits per heavy atom. The molecule has 0 aromatic heterocycles. The van der Waals surface area contributed by atoms with Crippen molar-refractivity contribution in [1.82, 2.24) is 0 Å². The third kappa shape index (κ3) is 5.18. The topological polar surface area (TPSA) is 59.3 Å². The van der Waals surface area contributed by atoms with Gasteiger partial charge in [0.05, 0.1) is 9.31 Å². The van der Waals surface area contributed by atoms with E-state index in [4.69, 9.17) is 15.9 Å². The fraction of sp³-hybridized carbons (Fsp3) is 0.250. The number of ether oxygens (including phenoxy) is 2. The van der Waals surface area contributed by atoms with Crippen LogP contribution >= 0.6 is 31.9 Å². The number of halogens is 3. The Morgan fingerprint density at radius 2 is 1.94 bits per heavy atom. The zero-order valence-corrected chi connectivity index (χ0v) is 19.9. The number of rotatable bonds is 6. The van der Waals surface area contributed by atoms with Crippen LogP contribution in [0.3, 0.4) is 0 Å². The first-order valence-electron chi connectivity index (χ1n) is 9.34. The van der Waals surface area contributed by atoms with E-state index in [9.17, 15) is 14.4 Å². The largest absolute Gasteiger partial charge is 0.454 e. The second-order valence-corrected chi connectivity index (χ2v) is 10.5. The average molecular weight is 547 g/mol. The van der Waals surface area contributed by atoms with Gasteiger partial charge in [-0.25, -0.2) is 4.39 Å². The van der Waals surface area contributed by atoms with Crippen LogP contribution in [0.4, 0.5) is 4.39 Å². The summed E-state index contributed by atoms with van der Waals surface area (Å²) in [5, 5.41) is 9.57. The van der Waals surface area contributed by atoms with Gasteiger partial charge in [0, 0.05) is 11.1 Å². The highest BCUT2D eigenvalue weighted by Gasteiger charge is 2.61. The molecule has 0 N–H and O–H groups in total. The minimum atomic E-state index is -1.19. The maximum atomic E-state index is 14.3. The van der Waals surface area contributed by atoms with Crippen molar-refractivity contribution < 1.29 is 18.7 Å². The van der Waals surface area contributed by atoms with E-state index in [0.717, 1.165) is 3.39 Å². The van der Waals surface area contributed by atoms with Gasteiger partial charge < -0.3 is 9.47 Å². The van der Waals surface area contributed by atoms with E-state index in [1.807, 2.05) is 26.0 Å². The number of allylic oxidation sites excluding steroid dienone is 1. The van der Waals surface area contributed by atoms with Crippen LogP contribution in [-0.2, 0) is 9.53 Å². The molecule has 1 fully saturated rings. The molecule has 0 heterocycles. The SMILES string of the molecule is C#Cc1ccc(Oc2cc(C(C#N)OC(=O)C3C(C=C(Br)Br)C3(C)C)ccc2F)cc1. The molecule has 1 aliphatic rings. The molecular formula is C24H18Br2FNO3. The maximum absolute atomic E-state index is 14.3. The summed E-state index contributed by atoms with van der Waals surface area (Å²) in [5.74, 6) is 1.31. The van der Waals surface area contributed by atoms with Gasteiger partial charge in [-0.05, 0) is 79.6 Å². The van der Waals surface area contributed by atoms with Gasteiger partial charge in [-0.2, -0.15) is 5.26 Å². The highest BCUT2D eigenvalue weighted by Crippen LogP contribution is 2.60. The molecule has 7 heteroatoms. The summed E-state index contributed by atoms with van der Waals surface area (Å²) >= 11 is 6.62. The Balaban J connectivity index is 1.77. The van der Waals surface area contributed by atoms with Crippen molar-refractivity contribution in [3.63, 3.8) is 0 Å². The van der Waals surface area contributed by atoms with Crippen LogP contribution in [0.25, 0.3) is 0 Å². The smallest absolute Gasteiger partial charge is 0.311 e. The van der Waals surface area contributed by atoms with Crippen molar-refractivity contribution in [3.8, 4) is 29.9 Å². The van der Waals surface area contributed by atoms with E-state index < -0.39 is 17.9 Å². The highest BCUT2D eigenvalue weighted by atomic mass is 79.9. The Bertz CT molecular complexity index is 1110. The fourth-order valence-electron chi connectivity index (χ4n) is 3.44. The molecule has 0 bridgehead atoms. The quantitative estimate of drug-likeness (QED) is 0.302. The number of nitriles is 1. The molecule has 3 rings (SSSR count). The highest BCUT2D eigenvalue weighted by molar-refractivity contribution is 9.28. The summed E-state index contributed by atoms with van der Waals surface area (Å²) in [7, 11) is 0. The lowest BCUT2D eigenvalue weighted by Crippen LogP contribution is -2.14. The van der Waals surface area contributed by atoms with Gasteiger partial charge in [-0.3, -0.25) is 4.79 Å². The van der Waals surface area contributed by atoms with Gasteiger partial charge in [-0.15, -0.1) is 6.42 Å². The Labute approximate surface area is 197 Å². The predicted molar refractivity (Wildman–Crippen MR) is 122 cm³/mol. The molecule has 0 saturated heterocycles. The fourth-order valence-corrected chi connectivity index (χ4v) is 4.01. The minimum absolute atomic E-state index is 0.0220. The molecule has 0 spiro atoms. The Morgan fingerprint density at radius 3 is 2.52 bits per heavy atom. The zero-order chi connectivity index (χ0) is 22.8. The van der Waals surface area contributed by atoms with Gasteiger partial charge in [-0.1, -0.05) is 31.9 Å². The van der Waals surface area contributed by atoms with E-state index in [1.165, 1.54) is 18.2 Å². The summed E-state index contributed by atoms with van der Waals surface area (Å²) in [5.41, 5.74) is 0.701. The number of benzene rings is 2. The number of carbonyl (C=O) groups excluding carboxylic acids is 1. The molecule has 158 valence electrons. The van der Waals surface area contributed by atoms with Crippen LogP contribution in [0.15, 0.2) is 51.9 Å². The zero-order valence-electron chi connectivity index (χ0n) is 16.7. The van der Waals surface area contributed by atoms with E-state index >= 15 is 0 Å². The van der Waals surface area contributed by atoms with Crippen molar-refractivity contribution >= 4 is 37.8 Å². The Hall–Kier alpha value is -2.61. The van der Waals surface area contributed by atoms with E-state index in [2.05, 4.69) is 37.8 Å². The normalized spacial score (nSPS) is 19.3. The monoisotopic (exact) mass is 545 g/mol. The first-order chi connectivity index (χ1) is 14.7. The molecule has 0 amide bonds. The van der Waals surface area contributed by atoms with Gasteiger partial charge in [0.15, 0.2) is 11.6 Å². The number of hydrogen-bond acceptors (Lipinski definition) is 4. The second-order valence-electron chi connectivity index (χ2n) is 7.69. The van der Waals surface area contributed by atoms with Crippen LogP contribution in [0.2, 0.25) is 0 Å². The molecule has 3 unspecified atom stereocenters. The minimum Gasteiger partial charge on any atom is -0.454 e. The number of carbonyl (C=O) groups is 1. The van der Waals surface area contributed by atoms with Gasteiger partial charge in [0.1, 0.15) is 11.8 Å². The molecule has 2 aromatic carbocycles. The van der Waals surface area contributed by atoms with Gasteiger partial charge in [0.2, 0.25) is 6.10 Å². The van der Waals surface area contributed by atoms with Crippen molar-refractivity contribution in [2.75, 3.05) is 0 Å². The molecule has 3 atom stereocenters. The third-order valence-corrected chi connectivity index (χ3v) is 5.86. The number of hydrogen-bond donors (Lipinski definition) is 0. The molecule has 4 nitrogen and oxygen atoms in total. The second kappa shape index (κ2) is 9.26. The molecule has 1 aliphatic carbocycles. The summed E-state index contributed by atoms with van der Waals surface area (Å²) < 4.78 is 26.1. The lowest BCUT2D eigenvalue weighted by molar-refractivity contribution is -0.149. The van der Waals surface area contributed by atoms with E-state index in [0.29, 0.717) is 16.9 Å². The molecule has 0 radical (unpaired) electrons. The molecule has 31 heavy (non-hydrogen) atoms. The standard InChI is InChI=1S/C24H18Br2FNO3/c1-4-14-5-8-16(9-6-14)30-19-11-15(7-10-18(19)27)20(13-28)31-23(29)22-17(12-21(25)26)24(22,2)3/h1,5-12,17,20,22H,2-3H3. The number of nitrogens with zero attached hydrogens (tertiary/aromatic N) is 1. The molecular weight excluding hydrogens is 529 g/mol. The van der Waals surface area contributed by atoms with Crippen molar-refractivity contribution in [2.24, 2.45) is 17.3 Å². The van der Waals surface area contributed by atoms with Crippen LogP contribution in [0.1, 0.15) is 31.1 Å². The van der Waals surface area contributed by atoms with E-state index in [1.54, 1.807) is 24.3 Å². The van der Waals surface area contributed by atoms with Crippen molar-refractivity contribution in [2.45, 2.75) is 20.0 Å². The van der Waals surface area contributed by atoms with E-state index in [-0.39, 0.29) is 23.0 Å². The maximum Gasteiger partial charge on any atom is 0.311 e. The number of esters is 1. The van der Waals surface area contributed by atoms with Crippen LogP contribution < -0.4 is 4.74 Å². The summed E-state index contributed by atoms with van der Waals surface area (Å²) in [6, 6.07) is 12.5. The van der Waals surface area contributed by atoms with Crippen molar-refractivity contribution in [1.29, 1.82) is 5.26 Å². The lowest BCUT2D eigenvalue weighted by Gasteiger charge is -2.14. The first kappa shape index (κ1) is 23.1. The average Bonchev–Trinajstić information content (AvgIpc) is 3.27. The molecule has 0 aliphatic heterocycles. The van der Waals surface area contributed by atoms with Gasteiger partial charge >= 0.3 is 5.97 Å². The van der Waals surface area contributed by atoms with Crippen LogP contribution in [0.5, 0.6) is 11.5 Å². The summed E-state index contributed by atoms with van der Waals surface area (Å²) in [6.45, 7) is 3.92. The first-order valence-corrected chi connectivity index (χ1v) is 10.9. The lowest BCUT2D eigenvalue weighted by atomic mass is 10.1. The summed E-state index contributed by atoms with van der Waals surface area (Å²) in [4.78, 5) is 12.7. The van der Waals surface area contributed by atoms with Gasteiger partial charge in [0.25, 0.3) is 0 Å². The predicted octanol–water partition coefficient (Wildman–Crippen LogP) is 6.61. The Kier molecular flexibility index (Phi) is 6.89. The van der Waals surface area contributed by atoms with Crippen LogP contribution in [-0.4, -0.2) is 5.97 Å². The third-order valence-electron chi connectivity index (χ3n) is 5.33. The summed E-state index contributed by atoms with van der Waals surface area (Å²) in [6.07, 6.45) is 6.03. The molecule has 2 aromatic rings.